The maximum Gasteiger partial charge on any atom is 0.144 e. The van der Waals surface area contributed by atoms with E-state index in [2.05, 4.69) is 33.6 Å². The second-order valence-electron chi connectivity index (χ2n) is 4.73. The van der Waals surface area contributed by atoms with Gasteiger partial charge in [0.2, 0.25) is 0 Å². The Morgan fingerprint density at radius 2 is 2.42 bits per heavy atom. The van der Waals surface area contributed by atoms with E-state index in [4.69, 9.17) is 0 Å². The molecule has 6 heteroatoms. The van der Waals surface area contributed by atoms with Crippen molar-refractivity contribution in [2.45, 2.75) is 6.04 Å². The van der Waals surface area contributed by atoms with E-state index < -0.39 is 0 Å². The molecule has 98 valence electrons. The topological polar surface area (TPSA) is 63.0 Å². The second kappa shape index (κ2) is 4.93. The molecule has 0 saturated carbocycles. The molecule has 3 rings (SSSR count). The normalized spacial score (nSPS) is 20.4. The third-order valence-corrected chi connectivity index (χ3v) is 3.57. The molecule has 0 radical (unpaired) electrons. The van der Waals surface area contributed by atoms with E-state index >= 15 is 0 Å². The van der Waals surface area contributed by atoms with Crippen LogP contribution in [-0.2, 0) is 4.79 Å². The van der Waals surface area contributed by atoms with Crippen molar-refractivity contribution >= 4 is 23.2 Å². The molecule has 6 nitrogen and oxygen atoms in total. The van der Waals surface area contributed by atoms with Crippen molar-refractivity contribution in [3.63, 3.8) is 0 Å². The van der Waals surface area contributed by atoms with Crippen LogP contribution in [0.5, 0.6) is 0 Å². The number of aromatic nitrogens is 3. The molecule has 1 unspecified atom stereocenters. The Bertz CT molecular complexity index is 644. The van der Waals surface area contributed by atoms with E-state index in [1.807, 2.05) is 12.1 Å². The molecule has 1 N–H and O–H groups in total. The molecule has 2 heterocycles. The lowest BCUT2D eigenvalue weighted by molar-refractivity contribution is 0.202. The van der Waals surface area contributed by atoms with E-state index in [1.54, 1.807) is 5.94 Å². The number of benzene rings is 1. The Labute approximate surface area is 110 Å². The Morgan fingerprint density at radius 3 is 3.21 bits per heavy atom. The Morgan fingerprint density at radius 1 is 1.53 bits per heavy atom. The quantitative estimate of drug-likeness (QED) is 0.784. The van der Waals surface area contributed by atoms with Gasteiger partial charge in [-0.1, -0.05) is 11.3 Å². The summed E-state index contributed by atoms with van der Waals surface area (Å²) in [4.78, 5) is 12.7. The van der Waals surface area contributed by atoms with Crippen molar-refractivity contribution < 1.29 is 4.79 Å². The number of carbonyl (C=O) groups excluding carboxylic acids is 1. The van der Waals surface area contributed by atoms with E-state index in [0.29, 0.717) is 6.04 Å². The fourth-order valence-corrected chi connectivity index (χ4v) is 2.49. The van der Waals surface area contributed by atoms with Gasteiger partial charge >= 0.3 is 0 Å². The van der Waals surface area contributed by atoms with Crippen molar-refractivity contribution in [1.82, 2.24) is 25.2 Å². The van der Waals surface area contributed by atoms with Crippen LogP contribution in [0.3, 0.4) is 0 Å². The fourth-order valence-electron chi connectivity index (χ4n) is 2.49. The molecule has 0 aliphatic carbocycles. The third-order valence-electron chi connectivity index (χ3n) is 3.57. The van der Waals surface area contributed by atoms with E-state index in [-0.39, 0.29) is 0 Å². The monoisotopic (exact) mass is 257 g/mol. The Balaban J connectivity index is 2.00. The highest BCUT2D eigenvalue weighted by atomic mass is 16.1. The lowest BCUT2D eigenvalue weighted by Gasteiger charge is -2.33. The molecule has 2 aromatic rings. The van der Waals surface area contributed by atoms with E-state index in [1.165, 1.54) is 16.4 Å². The van der Waals surface area contributed by atoms with Crippen molar-refractivity contribution in [2.24, 2.45) is 0 Å². The first-order valence-electron chi connectivity index (χ1n) is 6.26. The number of likely N-dealkylation sites (N-methyl/N-ethyl adjacent to an activating group) is 1. The van der Waals surface area contributed by atoms with Crippen LogP contribution in [0.15, 0.2) is 18.2 Å². The summed E-state index contributed by atoms with van der Waals surface area (Å²) < 4.78 is 1.44. The summed E-state index contributed by atoms with van der Waals surface area (Å²) in [7, 11) is 2.13. The number of hydrogen-bond donors (Lipinski definition) is 1. The molecule has 1 saturated heterocycles. The smallest absolute Gasteiger partial charge is 0.144 e. The largest absolute Gasteiger partial charge is 0.314 e. The van der Waals surface area contributed by atoms with Crippen LogP contribution in [0.2, 0.25) is 0 Å². The standard InChI is InChI=1S/C13H15N5O/c1-17-5-4-14-9-13(17)10-2-3-12-11(8-10)15-16-18(12)6-7-19/h2-3,6,8,13-14H,4-5,9H2,1H3. The zero-order valence-electron chi connectivity index (χ0n) is 10.7. The van der Waals surface area contributed by atoms with Crippen LogP contribution in [0.4, 0.5) is 0 Å². The molecule has 1 aliphatic rings. The van der Waals surface area contributed by atoms with Gasteiger partial charge in [-0.2, -0.15) is 0 Å². The molecule has 1 fully saturated rings. The minimum Gasteiger partial charge on any atom is -0.314 e. The first kappa shape index (κ1) is 12.0. The average Bonchev–Trinajstić information content (AvgIpc) is 2.82. The van der Waals surface area contributed by atoms with Crippen LogP contribution in [0.25, 0.3) is 17.2 Å². The summed E-state index contributed by atoms with van der Waals surface area (Å²) in [5.74, 6) is 1.71. The highest BCUT2D eigenvalue weighted by Gasteiger charge is 2.20. The minimum absolute atomic E-state index is 0.352. The van der Waals surface area contributed by atoms with Crippen LogP contribution in [-0.4, -0.2) is 52.5 Å². The molecular weight excluding hydrogens is 242 g/mol. The van der Waals surface area contributed by atoms with Gasteiger partial charge in [0.05, 0.1) is 5.52 Å². The minimum atomic E-state index is 0.352. The number of nitrogens with zero attached hydrogens (tertiary/aromatic N) is 4. The third kappa shape index (κ3) is 2.17. The summed E-state index contributed by atoms with van der Waals surface area (Å²) in [6, 6.07) is 6.40. The van der Waals surface area contributed by atoms with E-state index in [9.17, 15) is 4.79 Å². The SMILES string of the molecule is CN1CCNCC1c1ccc2c(c1)nnn2C=C=O. The van der Waals surface area contributed by atoms with Gasteiger partial charge in [0, 0.05) is 25.7 Å². The number of hydrogen-bond acceptors (Lipinski definition) is 5. The van der Waals surface area contributed by atoms with E-state index in [0.717, 1.165) is 30.7 Å². The average molecular weight is 257 g/mol. The van der Waals surface area contributed by atoms with Crippen molar-refractivity contribution in [1.29, 1.82) is 0 Å². The second-order valence-corrected chi connectivity index (χ2v) is 4.73. The van der Waals surface area contributed by atoms with Gasteiger partial charge in [-0.25, -0.2) is 9.48 Å². The lowest BCUT2D eigenvalue weighted by Crippen LogP contribution is -2.43. The zero-order valence-corrected chi connectivity index (χ0v) is 10.7. The number of piperazine rings is 1. The summed E-state index contributed by atoms with van der Waals surface area (Å²) in [5, 5.41) is 11.4. The number of rotatable bonds is 2. The molecule has 0 amide bonds. The molecule has 0 spiro atoms. The molecule has 19 heavy (non-hydrogen) atoms. The van der Waals surface area contributed by atoms with Gasteiger partial charge in [0.1, 0.15) is 17.7 Å². The summed E-state index contributed by atoms with van der Waals surface area (Å²) in [6.07, 6.45) is 1.24. The lowest BCUT2D eigenvalue weighted by atomic mass is 10.0. The number of nitrogens with one attached hydrogen (secondary N) is 1. The van der Waals surface area contributed by atoms with Gasteiger partial charge in [-0.3, -0.25) is 4.90 Å². The first-order chi connectivity index (χ1) is 9.29. The maximum absolute atomic E-state index is 10.4. The van der Waals surface area contributed by atoms with Crippen molar-refractivity contribution in [3.05, 3.63) is 23.8 Å². The summed E-state index contributed by atoms with van der Waals surface area (Å²) in [6.45, 7) is 2.99. The van der Waals surface area contributed by atoms with Crippen LogP contribution >= 0.6 is 0 Å². The van der Waals surface area contributed by atoms with Crippen LogP contribution in [0.1, 0.15) is 11.6 Å². The molecule has 1 aliphatic heterocycles. The van der Waals surface area contributed by atoms with Crippen LogP contribution < -0.4 is 5.32 Å². The first-order valence-corrected chi connectivity index (χ1v) is 6.26. The summed E-state index contributed by atoms with van der Waals surface area (Å²) >= 11 is 0. The molecule has 1 atom stereocenters. The molecule has 1 aromatic heterocycles. The number of fused-ring (bicyclic) bond motifs is 1. The van der Waals surface area contributed by atoms with Crippen LogP contribution in [0, 0.1) is 0 Å². The Kier molecular flexibility index (Phi) is 3.13. The predicted octanol–water partition coefficient (Wildman–Crippen LogP) is 0.310. The van der Waals surface area contributed by atoms with Gasteiger partial charge < -0.3 is 5.32 Å². The maximum atomic E-state index is 10.4. The molecule has 1 aromatic carbocycles. The van der Waals surface area contributed by atoms with Gasteiger partial charge in [0.25, 0.3) is 0 Å². The van der Waals surface area contributed by atoms with Crippen molar-refractivity contribution in [2.75, 3.05) is 26.7 Å². The zero-order chi connectivity index (χ0) is 13.2. The predicted molar refractivity (Wildman–Crippen MR) is 72.2 cm³/mol. The Hall–Kier alpha value is -2.01. The highest BCUT2D eigenvalue weighted by molar-refractivity contribution is 5.79. The summed E-state index contributed by atoms with van der Waals surface area (Å²) in [5.41, 5.74) is 2.82. The van der Waals surface area contributed by atoms with Crippen molar-refractivity contribution in [3.8, 4) is 0 Å². The molecular formula is C13H15N5O. The van der Waals surface area contributed by atoms with Gasteiger partial charge in [-0.05, 0) is 24.7 Å². The van der Waals surface area contributed by atoms with Gasteiger partial charge in [-0.15, -0.1) is 5.10 Å². The fraction of sp³-hybridized carbons (Fsp3) is 0.385. The van der Waals surface area contributed by atoms with Gasteiger partial charge in [0.15, 0.2) is 0 Å². The molecule has 0 bridgehead atoms. The highest BCUT2D eigenvalue weighted by Crippen LogP contribution is 2.23.